The number of carbonyl (C=O) groups is 2. The van der Waals surface area contributed by atoms with Gasteiger partial charge in [-0.3, -0.25) is 9.59 Å². The van der Waals surface area contributed by atoms with Crippen LogP contribution in [0.15, 0.2) is 82.4 Å². The maximum atomic E-state index is 13.0. The molecular weight excluding hydrogens is 514 g/mol. The van der Waals surface area contributed by atoms with Gasteiger partial charge in [0.05, 0.1) is 18.4 Å². The molecule has 1 aliphatic rings. The van der Waals surface area contributed by atoms with Crippen LogP contribution in [0.4, 0.5) is 11.4 Å². The minimum Gasteiger partial charge on any atom is -0.496 e. The molecule has 39 heavy (non-hydrogen) atoms. The second kappa shape index (κ2) is 12.0. The molecule has 0 spiro atoms. The summed E-state index contributed by atoms with van der Waals surface area (Å²) < 4.78 is 11.0. The number of aromatic nitrogens is 2. The molecule has 0 aliphatic carbocycles. The first-order valence-corrected chi connectivity index (χ1v) is 13.6. The fourth-order valence-electron chi connectivity index (χ4n) is 4.40. The summed E-state index contributed by atoms with van der Waals surface area (Å²) in [6.45, 7) is 4.68. The first-order valence-electron chi connectivity index (χ1n) is 12.6. The van der Waals surface area contributed by atoms with Crippen LogP contribution in [0, 0.1) is 6.92 Å². The van der Waals surface area contributed by atoms with Crippen molar-refractivity contribution in [2.45, 2.75) is 12.1 Å². The zero-order chi connectivity index (χ0) is 27.2. The molecule has 9 nitrogen and oxygen atoms in total. The lowest BCUT2D eigenvalue weighted by molar-refractivity contribution is -0.113. The van der Waals surface area contributed by atoms with Crippen molar-refractivity contribution in [3.05, 3.63) is 83.9 Å². The first kappa shape index (κ1) is 26.3. The molecule has 5 rings (SSSR count). The Balaban J connectivity index is 1.09. The third kappa shape index (κ3) is 6.40. The number of rotatable bonds is 8. The highest BCUT2D eigenvalue weighted by molar-refractivity contribution is 7.99. The lowest BCUT2D eigenvalue weighted by atomic mass is 10.1. The number of ether oxygens (including phenoxy) is 1. The maximum Gasteiger partial charge on any atom is 0.277 e. The predicted molar refractivity (Wildman–Crippen MR) is 151 cm³/mol. The molecule has 1 aromatic heterocycles. The monoisotopic (exact) mass is 543 g/mol. The number of thioether (sulfide) groups is 1. The summed E-state index contributed by atoms with van der Waals surface area (Å²) in [5, 5.41) is 11.4. The highest BCUT2D eigenvalue weighted by atomic mass is 32.2. The lowest BCUT2D eigenvalue weighted by Crippen LogP contribution is -2.48. The molecule has 0 atom stereocenters. The average Bonchev–Trinajstić information content (AvgIpc) is 3.45. The number of nitrogens with one attached hydrogen (secondary N) is 1. The van der Waals surface area contributed by atoms with Gasteiger partial charge >= 0.3 is 0 Å². The Hall–Kier alpha value is -4.31. The average molecular weight is 544 g/mol. The van der Waals surface area contributed by atoms with Crippen molar-refractivity contribution in [1.29, 1.82) is 0 Å². The van der Waals surface area contributed by atoms with E-state index in [0.29, 0.717) is 41.2 Å². The number of benzene rings is 3. The van der Waals surface area contributed by atoms with Crippen molar-refractivity contribution >= 4 is 35.0 Å². The Labute approximate surface area is 231 Å². The van der Waals surface area contributed by atoms with E-state index < -0.39 is 0 Å². The Morgan fingerprint density at radius 1 is 0.974 bits per heavy atom. The van der Waals surface area contributed by atoms with Crippen LogP contribution >= 0.6 is 11.8 Å². The van der Waals surface area contributed by atoms with Gasteiger partial charge < -0.3 is 24.3 Å². The van der Waals surface area contributed by atoms with Crippen molar-refractivity contribution in [2.24, 2.45) is 0 Å². The molecule has 2 amide bonds. The number of methoxy groups -OCH3 is 1. The largest absolute Gasteiger partial charge is 0.496 e. The number of aryl methyl sites for hydroxylation is 1. The Kier molecular flexibility index (Phi) is 8.12. The SMILES string of the molecule is COc1ccccc1C(=O)N1CCN(c2ccc(NC(=O)CSc3nnc(-c4cccc(C)c4)o3)cc2)CC1. The smallest absolute Gasteiger partial charge is 0.277 e. The number of para-hydroxylation sites is 1. The first-order chi connectivity index (χ1) is 19.0. The summed E-state index contributed by atoms with van der Waals surface area (Å²) >= 11 is 1.20. The number of carbonyl (C=O) groups excluding carboxylic acids is 2. The van der Waals surface area contributed by atoms with E-state index in [4.69, 9.17) is 9.15 Å². The predicted octanol–water partition coefficient (Wildman–Crippen LogP) is 4.75. The molecule has 0 saturated carbocycles. The zero-order valence-corrected chi connectivity index (χ0v) is 22.6. The molecule has 1 fully saturated rings. The van der Waals surface area contributed by atoms with E-state index in [1.54, 1.807) is 19.2 Å². The second-order valence-electron chi connectivity index (χ2n) is 9.11. The van der Waals surface area contributed by atoms with Crippen LogP contribution in [0.2, 0.25) is 0 Å². The van der Waals surface area contributed by atoms with E-state index in [0.717, 1.165) is 29.9 Å². The van der Waals surface area contributed by atoms with Gasteiger partial charge in [-0.2, -0.15) is 0 Å². The van der Waals surface area contributed by atoms with Crippen molar-refractivity contribution in [2.75, 3.05) is 49.3 Å². The van der Waals surface area contributed by atoms with Crippen LogP contribution in [0.25, 0.3) is 11.5 Å². The third-order valence-corrected chi connectivity index (χ3v) is 7.24. The van der Waals surface area contributed by atoms with Crippen molar-refractivity contribution in [3.63, 3.8) is 0 Å². The van der Waals surface area contributed by atoms with Crippen molar-refractivity contribution in [3.8, 4) is 17.2 Å². The van der Waals surface area contributed by atoms with Crippen LogP contribution in [0.5, 0.6) is 5.75 Å². The summed E-state index contributed by atoms with van der Waals surface area (Å²) in [6, 6.07) is 22.8. The lowest BCUT2D eigenvalue weighted by Gasteiger charge is -2.36. The number of hydrogen-bond donors (Lipinski definition) is 1. The molecule has 1 aliphatic heterocycles. The topological polar surface area (TPSA) is 101 Å². The van der Waals surface area contributed by atoms with Crippen LogP contribution in [0.3, 0.4) is 0 Å². The van der Waals surface area contributed by atoms with Crippen LogP contribution in [-0.2, 0) is 4.79 Å². The van der Waals surface area contributed by atoms with Gasteiger partial charge in [0.15, 0.2) is 0 Å². The highest BCUT2D eigenvalue weighted by Gasteiger charge is 2.24. The van der Waals surface area contributed by atoms with Gasteiger partial charge in [0.2, 0.25) is 11.8 Å². The summed E-state index contributed by atoms with van der Waals surface area (Å²) in [7, 11) is 1.57. The summed E-state index contributed by atoms with van der Waals surface area (Å²) in [6.07, 6.45) is 0. The minimum absolute atomic E-state index is 0.0186. The van der Waals surface area contributed by atoms with E-state index in [1.807, 2.05) is 72.5 Å². The molecule has 0 unspecified atom stereocenters. The second-order valence-corrected chi connectivity index (χ2v) is 10.0. The molecule has 4 aromatic rings. The molecular formula is C29H29N5O4S. The molecule has 10 heteroatoms. The summed E-state index contributed by atoms with van der Waals surface area (Å²) in [5.74, 6) is 0.994. The van der Waals surface area contributed by atoms with Gasteiger partial charge in [-0.1, -0.05) is 41.6 Å². The van der Waals surface area contributed by atoms with Crippen molar-refractivity contribution < 1.29 is 18.7 Å². The Morgan fingerprint density at radius 2 is 1.74 bits per heavy atom. The molecule has 200 valence electrons. The van der Waals surface area contributed by atoms with Gasteiger partial charge in [0, 0.05) is 43.1 Å². The molecule has 2 heterocycles. The fourth-order valence-corrected chi connectivity index (χ4v) is 4.97. The zero-order valence-electron chi connectivity index (χ0n) is 21.8. The number of piperazine rings is 1. The fraction of sp³-hybridized carbons (Fsp3) is 0.241. The van der Waals surface area contributed by atoms with E-state index in [1.165, 1.54) is 11.8 Å². The maximum absolute atomic E-state index is 13.0. The standard InChI is InChI=1S/C29H29N5O4S/c1-20-6-5-7-21(18-20)27-31-32-29(38-27)39-19-26(35)30-22-10-12-23(13-11-22)33-14-16-34(17-15-33)28(36)24-8-3-4-9-25(24)37-2/h3-13,18H,14-17,19H2,1-2H3,(H,30,35). The molecule has 1 saturated heterocycles. The van der Waals surface area contributed by atoms with Gasteiger partial charge in [-0.15, -0.1) is 10.2 Å². The molecule has 0 bridgehead atoms. The van der Waals surface area contributed by atoms with E-state index in [-0.39, 0.29) is 17.6 Å². The summed E-state index contributed by atoms with van der Waals surface area (Å²) in [4.78, 5) is 29.5. The molecule has 0 radical (unpaired) electrons. The molecule has 1 N–H and O–H groups in total. The van der Waals surface area contributed by atoms with Crippen LogP contribution in [0.1, 0.15) is 15.9 Å². The highest BCUT2D eigenvalue weighted by Crippen LogP contribution is 2.25. The summed E-state index contributed by atoms with van der Waals surface area (Å²) in [5.41, 5.74) is 4.29. The third-order valence-electron chi connectivity index (χ3n) is 6.42. The normalized spacial score (nSPS) is 13.3. The van der Waals surface area contributed by atoms with E-state index in [9.17, 15) is 9.59 Å². The van der Waals surface area contributed by atoms with E-state index in [2.05, 4.69) is 20.4 Å². The number of nitrogens with zero attached hydrogens (tertiary/aromatic N) is 4. The number of hydrogen-bond acceptors (Lipinski definition) is 8. The van der Waals surface area contributed by atoms with Crippen molar-refractivity contribution in [1.82, 2.24) is 15.1 Å². The quantitative estimate of drug-likeness (QED) is 0.318. The molecule has 3 aromatic carbocycles. The number of amides is 2. The Morgan fingerprint density at radius 3 is 2.49 bits per heavy atom. The van der Waals surface area contributed by atoms with Gasteiger partial charge in [-0.05, 0) is 55.5 Å². The van der Waals surface area contributed by atoms with Gasteiger partial charge in [0.1, 0.15) is 5.75 Å². The van der Waals surface area contributed by atoms with Crippen LogP contribution < -0.4 is 15.0 Å². The Bertz CT molecular complexity index is 1450. The minimum atomic E-state index is -0.161. The van der Waals surface area contributed by atoms with Gasteiger partial charge in [-0.25, -0.2) is 0 Å². The van der Waals surface area contributed by atoms with E-state index >= 15 is 0 Å². The van der Waals surface area contributed by atoms with Crippen LogP contribution in [-0.4, -0.2) is 66.0 Å². The number of anilines is 2. The van der Waals surface area contributed by atoms with Gasteiger partial charge in [0.25, 0.3) is 11.1 Å².